The molecular formula is C15H16BrN3. The van der Waals surface area contributed by atoms with Crippen molar-refractivity contribution in [3.05, 3.63) is 57.6 Å². The molecule has 1 aliphatic rings. The molecule has 0 aliphatic heterocycles. The highest BCUT2D eigenvalue weighted by molar-refractivity contribution is 9.10. The molecule has 0 saturated heterocycles. The van der Waals surface area contributed by atoms with Crippen molar-refractivity contribution in [2.24, 2.45) is 5.73 Å². The van der Waals surface area contributed by atoms with Crippen LogP contribution in [-0.4, -0.2) is 9.97 Å². The lowest BCUT2D eigenvalue weighted by molar-refractivity contribution is 0.553. The second-order valence-electron chi connectivity index (χ2n) is 4.99. The number of nitrogens with zero attached hydrogens (tertiary/aromatic N) is 2. The summed E-state index contributed by atoms with van der Waals surface area (Å²) in [5.74, 6) is 0.884. The number of benzene rings is 1. The number of fused-ring (bicyclic) bond motifs is 1. The highest BCUT2D eigenvalue weighted by Crippen LogP contribution is 2.26. The van der Waals surface area contributed by atoms with Crippen LogP contribution in [0.1, 0.15) is 41.5 Å². The van der Waals surface area contributed by atoms with Crippen molar-refractivity contribution in [3.63, 3.8) is 0 Å². The van der Waals surface area contributed by atoms with Crippen LogP contribution in [0.25, 0.3) is 0 Å². The van der Waals surface area contributed by atoms with Gasteiger partial charge in [0.1, 0.15) is 5.82 Å². The zero-order chi connectivity index (χ0) is 13.2. The highest BCUT2D eigenvalue weighted by atomic mass is 79.9. The summed E-state index contributed by atoms with van der Waals surface area (Å²) in [5.41, 5.74) is 9.58. The molecule has 1 aliphatic carbocycles. The Hall–Kier alpha value is -1.26. The molecule has 1 atom stereocenters. The largest absolute Gasteiger partial charge is 0.324 e. The van der Waals surface area contributed by atoms with E-state index in [0.717, 1.165) is 47.2 Å². The molecule has 3 rings (SSSR count). The number of halogens is 1. The van der Waals surface area contributed by atoms with Gasteiger partial charge in [0.05, 0.1) is 0 Å². The first-order valence-corrected chi connectivity index (χ1v) is 7.36. The lowest BCUT2D eigenvalue weighted by Gasteiger charge is -2.21. The summed E-state index contributed by atoms with van der Waals surface area (Å²) in [7, 11) is 0. The summed E-state index contributed by atoms with van der Waals surface area (Å²) in [4.78, 5) is 9.14. The van der Waals surface area contributed by atoms with Gasteiger partial charge in [0.15, 0.2) is 0 Å². The highest BCUT2D eigenvalue weighted by Gasteiger charge is 2.18. The van der Waals surface area contributed by atoms with Crippen LogP contribution in [0.5, 0.6) is 0 Å². The minimum atomic E-state index is 0.116. The lowest BCUT2D eigenvalue weighted by atomic mass is 9.93. The van der Waals surface area contributed by atoms with E-state index in [2.05, 4.69) is 38.0 Å². The van der Waals surface area contributed by atoms with E-state index < -0.39 is 0 Å². The van der Waals surface area contributed by atoms with Crippen molar-refractivity contribution in [2.45, 2.75) is 31.7 Å². The average molecular weight is 318 g/mol. The van der Waals surface area contributed by atoms with Gasteiger partial charge in [-0.1, -0.05) is 28.1 Å². The normalized spacial score (nSPS) is 18.1. The van der Waals surface area contributed by atoms with Crippen LogP contribution in [-0.2, 0) is 12.8 Å². The van der Waals surface area contributed by atoms with Gasteiger partial charge < -0.3 is 5.73 Å². The molecule has 1 aromatic carbocycles. The maximum atomic E-state index is 6.08. The Morgan fingerprint density at radius 3 is 2.84 bits per heavy atom. The Morgan fingerprint density at radius 1 is 1.26 bits per heavy atom. The molecule has 1 unspecified atom stereocenters. The quantitative estimate of drug-likeness (QED) is 0.925. The van der Waals surface area contributed by atoms with Gasteiger partial charge in [-0.05, 0) is 37.0 Å². The van der Waals surface area contributed by atoms with Crippen molar-refractivity contribution < 1.29 is 0 Å². The molecule has 0 fully saturated rings. The van der Waals surface area contributed by atoms with Crippen molar-refractivity contribution in [2.75, 3.05) is 0 Å². The Balaban J connectivity index is 1.84. The van der Waals surface area contributed by atoms with Crippen molar-refractivity contribution in [3.8, 4) is 0 Å². The van der Waals surface area contributed by atoms with E-state index in [1.54, 1.807) is 0 Å². The third-order valence-electron chi connectivity index (χ3n) is 3.55. The van der Waals surface area contributed by atoms with Gasteiger partial charge in [0, 0.05) is 34.4 Å². The fraction of sp³-hybridized carbons (Fsp3) is 0.333. The number of aromatic nitrogens is 2. The van der Waals surface area contributed by atoms with Crippen LogP contribution in [0.3, 0.4) is 0 Å². The van der Waals surface area contributed by atoms with Gasteiger partial charge in [0.25, 0.3) is 0 Å². The maximum Gasteiger partial charge on any atom is 0.132 e. The summed E-state index contributed by atoms with van der Waals surface area (Å²) in [6, 6.07) is 8.40. The summed E-state index contributed by atoms with van der Waals surface area (Å²) in [6.45, 7) is 0. The van der Waals surface area contributed by atoms with E-state index in [-0.39, 0.29) is 6.04 Å². The number of aryl methyl sites for hydroxylation is 1. The van der Waals surface area contributed by atoms with E-state index in [4.69, 9.17) is 5.73 Å². The number of rotatable bonds is 2. The standard InChI is InChI=1S/C15H16BrN3/c16-11-6-4-10(5-7-11)8-15-18-9-12-13(17)2-1-3-14(12)19-15/h4-7,9,13H,1-3,8,17H2. The van der Waals surface area contributed by atoms with E-state index >= 15 is 0 Å². The number of nitrogens with two attached hydrogens (primary N) is 1. The van der Waals surface area contributed by atoms with Crippen LogP contribution in [0.2, 0.25) is 0 Å². The van der Waals surface area contributed by atoms with Gasteiger partial charge in [-0.25, -0.2) is 9.97 Å². The molecule has 2 N–H and O–H groups in total. The van der Waals surface area contributed by atoms with Crippen LogP contribution in [0, 0.1) is 0 Å². The third-order valence-corrected chi connectivity index (χ3v) is 4.08. The topological polar surface area (TPSA) is 51.8 Å². The number of hydrogen-bond donors (Lipinski definition) is 1. The summed E-state index contributed by atoms with van der Waals surface area (Å²) in [6.07, 6.45) is 5.89. The Bertz CT molecular complexity index is 580. The fourth-order valence-corrected chi connectivity index (χ4v) is 2.76. The van der Waals surface area contributed by atoms with Crippen LogP contribution in [0.4, 0.5) is 0 Å². The van der Waals surface area contributed by atoms with Gasteiger partial charge in [0.2, 0.25) is 0 Å². The predicted molar refractivity (Wildman–Crippen MR) is 78.8 cm³/mol. The molecular weight excluding hydrogens is 302 g/mol. The van der Waals surface area contributed by atoms with Crippen molar-refractivity contribution in [1.29, 1.82) is 0 Å². The first kappa shape index (κ1) is 12.8. The SMILES string of the molecule is NC1CCCc2nc(Cc3ccc(Br)cc3)ncc21. The van der Waals surface area contributed by atoms with Gasteiger partial charge in [-0.15, -0.1) is 0 Å². The average Bonchev–Trinajstić information content (AvgIpc) is 2.42. The summed E-state index contributed by atoms with van der Waals surface area (Å²) >= 11 is 3.44. The Labute approximate surface area is 121 Å². The molecule has 98 valence electrons. The minimum Gasteiger partial charge on any atom is -0.324 e. The molecule has 1 heterocycles. The van der Waals surface area contributed by atoms with E-state index in [1.165, 1.54) is 5.56 Å². The first-order chi connectivity index (χ1) is 9.22. The van der Waals surface area contributed by atoms with Crippen molar-refractivity contribution in [1.82, 2.24) is 9.97 Å². The molecule has 19 heavy (non-hydrogen) atoms. The van der Waals surface area contributed by atoms with E-state index in [0.29, 0.717) is 0 Å². The zero-order valence-corrected chi connectivity index (χ0v) is 12.2. The molecule has 0 radical (unpaired) electrons. The third kappa shape index (κ3) is 2.85. The first-order valence-electron chi connectivity index (χ1n) is 6.57. The van der Waals surface area contributed by atoms with E-state index in [1.807, 2.05) is 18.3 Å². The molecule has 2 aromatic rings. The molecule has 0 saturated carbocycles. The van der Waals surface area contributed by atoms with Crippen molar-refractivity contribution >= 4 is 15.9 Å². The van der Waals surface area contributed by atoms with Crippen LogP contribution >= 0.6 is 15.9 Å². The zero-order valence-electron chi connectivity index (χ0n) is 10.6. The van der Waals surface area contributed by atoms with Crippen LogP contribution in [0.15, 0.2) is 34.9 Å². The maximum absolute atomic E-state index is 6.08. The molecule has 0 amide bonds. The molecule has 1 aromatic heterocycles. The summed E-state index contributed by atoms with van der Waals surface area (Å²) < 4.78 is 1.09. The van der Waals surface area contributed by atoms with E-state index in [9.17, 15) is 0 Å². The molecule has 0 bridgehead atoms. The Kier molecular flexibility index (Phi) is 3.62. The smallest absolute Gasteiger partial charge is 0.132 e. The molecule has 0 spiro atoms. The van der Waals surface area contributed by atoms with Gasteiger partial charge in [-0.2, -0.15) is 0 Å². The van der Waals surface area contributed by atoms with Crippen LogP contribution < -0.4 is 5.73 Å². The fourth-order valence-electron chi connectivity index (χ4n) is 2.49. The summed E-state index contributed by atoms with van der Waals surface area (Å²) in [5, 5.41) is 0. The van der Waals surface area contributed by atoms with Gasteiger partial charge in [-0.3, -0.25) is 0 Å². The monoisotopic (exact) mass is 317 g/mol. The second-order valence-corrected chi connectivity index (χ2v) is 5.91. The molecule has 4 heteroatoms. The second kappa shape index (κ2) is 5.39. The molecule has 3 nitrogen and oxygen atoms in total. The lowest BCUT2D eigenvalue weighted by Crippen LogP contribution is -2.19. The van der Waals surface area contributed by atoms with Gasteiger partial charge >= 0.3 is 0 Å². The Morgan fingerprint density at radius 2 is 2.05 bits per heavy atom. The number of hydrogen-bond acceptors (Lipinski definition) is 3. The predicted octanol–water partition coefficient (Wildman–Crippen LogP) is 3.17. The minimum absolute atomic E-state index is 0.116.